The molecule has 0 spiro atoms. The third-order valence-electron chi connectivity index (χ3n) is 1.40. The zero-order valence-corrected chi connectivity index (χ0v) is 7.89. The lowest BCUT2D eigenvalue weighted by molar-refractivity contribution is 0.265. The molecule has 0 aliphatic carbocycles. The molecule has 0 bridgehead atoms. The molecular formula is C6H16NO2Si. The van der Waals surface area contributed by atoms with Crippen LogP contribution in [0.4, 0.5) is 0 Å². The second-order valence-corrected chi connectivity index (χ2v) is 4.65. The Kier molecular flexibility index (Phi) is 5.91. The average Bonchev–Trinajstić information content (AvgIpc) is 1.91. The highest BCUT2D eigenvalue weighted by molar-refractivity contribution is 6.46. The van der Waals surface area contributed by atoms with E-state index in [9.17, 15) is 0 Å². The highest BCUT2D eigenvalue weighted by Gasteiger charge is 2.20. The van der Waals surface area contributed by atoms with E-state index in [4.69, 9.17) is 14.6 Å². The van der Waals surface area contributed by atoms with Crippen molar-refractivity contribution in [2.75, 3.05) is 20.8 Å². The molecule has 1 radical (unpaired) electrons. The molecule has 0 saturated carbocycles. The van der Waals surface area contributed by atoms with Gasteiger partial charge >= 0.3 is 9.28 Å². The van der Waals surface area contributed by atoms with E-state index in [0.29, 0.717) is 12.1 Å². The molecule has 0 aromatic heterocycles. The van der Waals surface area contributed by atoms with Crippen LogP contribution < -0.4 is 5.73 Å². The van der Waals surface area contributed by atoms with Gasteiger partial charge < -0.3 is 14.6 Å². The summed E-state index contributed by atoms with van der Waals surface area (Å²) in [6.07, 6.45) is 0.982. The van der Waals surface area contributed by atoms with Crippen LogP contribution in [0.15, 0.2) is 0 Å². The van der Waals surface area contributed by atoms with Crippen LogP contribution in [0, 0.1) is 0 Å². The topological polar surface area (TPSA) is 44.5 Å². The number of nitrogens with two attached hydrogens (primary N) is 1. The summed E-state index contributed by atoms with van der Waals surface area (Å²) in [4.78, 5) is 0. The van der Waals surface area contributed by atoms with Crippen LogP contribution in [0.2, 0.25) is 5.54 Å². The van der Waals surface area contributed by atoms with Gasteiger partial charge in [-0.2, -0.15) is 0 Å². The van der Waals surface area contributed by atoms with E-state index in [-0.39, 0.29) is 0 Å². The van der Waals surface area contributed by atoms with Crippen LogP contribution >= 0.6 is 0 Å². The Bertz CT molecular complexity index is 78.1. The Morgan fingerprint density at radius 2 is 1.90 bits per heavy atom. The van der Waals surface area contributed by atoms with Crippen molar-refractivity contribution in [2.24, 2.45) is 5.73 Å². The van der Waals surface area contributed by atoms with Crippen molar-refractivity contribution in [1.29, 1.82) is 0 Å². The maximum atomic E-state index is 5.38. The maximum Gasteiger partial charge on any atom is 0.387 e. The van der Waals surface area contributed by atoms with Gasteiger partial charge in [0.15, 0.2) is 0 Å². The highest BCUT2D eigenvalue weighted by Crippen LogP contribution is 2.13. The van der Waals surface area contributed by atoms with E-state index < -0.39 is 9.28 Å². The molecule has 10 heavy (non-hydrogen) atoms. The van der Waals surface area contributed by atoms with Crippen LogP contribution in [-0.4, -0.2) is 30.0 Å². The first-order valence-electron chi connectivity index (χ1n) is 3.41. The van der Waals surface area contributed by atoms with Gasteiger partial charge in [0.1, 0.15) is 0 Å². The predicted octanol–water partition coefficient (Wildman–Crippen LogP) is 0.506. The summed E-state index contributed by atoms with van der Waals surface area (Å²) < 4.78 is 10.3. The summed E-state index contributed by atoms with van der Waals surface area (Å²) in [6.45, 7) is 2.82. The van der Waals surface area contributed by atoms with E-state index in [1.165, 1.54) is 0 Å². The molecule has 0 aliphatic heterocycles. The third-order valence-corrected chi connectivity index (χ3v) is 3.30. The van der Waals surface area contributed by atoms with E-state index >= 15 is 0 Å². The minimum Gasteiger partial charge on any atom is -0.397 e. The second kappa shape index (κ2) is 5.85. The fraction of sp³-hybridized carbons (Fsp3) is 1.00. The van der Waals surface area contributed by atoms with Gasteiger partial charge in [0.25, 0.3) is 0 Å². The second-order valence-electron chi connectivity index (χ2n) is 2.21. The average molecular weight is 162 g/mol. The first-order chi connectivity index (χ1) is 4.76. The lowest BCUT2D eigenvalue weighted by Crippen LogP contribution is -2.26. The smallest absolute Gasteiger partial charge is 0.387 e. The van der Waals surface area contributed by atoms with E-state index in [1.807, 2.05) is 0 Å². The van der Waals surface area contributed by atoms with Crippen LogP contribution in [0.1, 0.15) is 13.3 Å². The van der Waals surface area contributed by atoms with Crippen molar-refractivity contribution in [3.63, 3.8) is 0 Å². The van der Waals surface area contributed by atoms with E-state index in [0.717, 1.165) is 6.42 Å². The molecule has 61 valence electrons. The standard InChI is InChI=1S/C6H16NO2Si/c1-6(4-5-7)10(8-2)9-3/h6H,4-5,7H2,1-3H3. The zero-order valence-electron chi connectivity index (χ0n) is 6.89. The zero-order chi connectivity index (χ0) is 7.98. The van der Waals surface area contributed by atoms with Crippen LogP contribution in [-0.2, 0) is 8.85 Å². The summed E-state index contributed by atoms with van der Waals surface area (Å²) in [5, 5.41) is 0. The fourth-order valence-electron chi connectivity index (χ4n) is 0.854. The van der Waals surface area contributed by atoms with Gasteiger partial charge in [-0.1, -0.05) is 6.92 Å². The maximum absolute atomic E-state index is 5.38. The molecule has 3 nitrogen and oxygen atoms in total. The van der Waals surface area contributed by atoms with Crippen LogP contribution in [0.5, 0.6) is 0 Å². The minimum atomic E-state index is -1.04. The summed E-state index contributed by atoms with van der Waals surface area (Å²) in [5.74, 6) is 0. The molecule has 0 saturated heterocycles. The van der Waals surface area contributed by atoms with Gasteiger partial charge in [0.2, 0.25) is 0 Å². The summed E-state index contributed by atoms with van der Waals surface area (Å²) >= 11 is 0. The first-order valence-corrected chi connectivity index (χ1v) is 4.80. The van der Waals surface area contributed by atoms with Gasteiger partial charge in [-0.3, -0.25) is 0 Å². The molecule has 4 heteroatoms. The molecular weight excluding hydrogens is 146 g/mol. The van der Waals surface area contributed by atoms with Crippen molar-refractivity contribution in [2.45, 2.75) is 18.9 Å². The Hall–Kier alpha value is 0.0969. The molecule has 0 aromatic carbocycles. The van der Waals surface area contributed by atoms with Crippen LogP contribution in [0.3, 0.4) is 0 Å². The fourth-order valence-corrected chi connectivity index (χ4v) is 2.23. The summed E-state index contributed by atoms with van der Waals surface area (Å²) in [7, 11) is 2.33. The predicted molar refractivity (Wildman–Crippen MR) is 42.9 cm³/mol. The summed E-state index contributed by atoms with van der Waals surface area (Å²) in [5.41, 5.74) is 5.86. The monoisotopic (exact) mass is 162 g/mol. The highest BCUT2D eigenvalue weighted by atomic mass is 28.3. The molecule has 0 amide bonds. The SMILES string of the molecule is CO[Si](OC)C(C)CCN. The first kappa shape index (κ1) is 10.1. The third kappa shape index (κ3) is 3.31. The van der Waals surface area contributed by atoms with Crippen molar-refractivity contribution in [3.8, 4) is 0 Å². The van der Waals surface area contributed by atoms with Crippen molar-refractivity contribution >= 4 is 9.28 Å². The quantitative estimate of drug-likeness (QED) is 0.599. The normalized spacial score (nSPS) is 14.1. The van der Waals surface area contributed by atoms with Gasteiger partial charge in [0.05, 0.1) is 0 Å². The summed E-state index contributed by atoms with van der Waals surface area (Å²) in [6, 6.07) is 0. The number of hydrogen-bond acceptors (Lipinski definition) is 3. The Labute approximate surface area is 64.4 Å². The Morgan fingerprint density at radius 3 is 2.20 bits per heavy atom. The molecule has 1 atom stereocenters. The molecule has 2 N–H and O–H groups in total. The van der Waals surface area contributed by atoms with Gasteiger partial charge in [-0.15, -0.1) is 0 Å². The Morgan fingerprint density at radius 1 is 1.40 bits per heavy atom. The van der Waals surface area contributed by atoms with E-state index in [1.54, 1.807) is 14.2 Å². The number of rotatable bonds is 5. The van der Waals surface area contributed by atoms with Crippen molar-refractivity contribution in [3.05, 3.63) is 0 Å². The number of hydrogen-bond donors (Lipinski definition) is 1. The molecule has 0 aliphatic rings. The molecule has 0 aromatic rings. The largest absolute Gasteiger partial charge is 0.397 e. The van der Waals surface area contributed by atoms with Gasteiger partial charge in [-0.05, 0) is 13.0 Å². The Balaban J connectivity index is 3.53. The van der Waals surface area contributed by atoms with Gasteiger partial charge in [-0.25, -0.2) is 0 Å². The van der Waals surface area contributed by atoms with Gasteiger partial charge in [0, 0.05) is 19.8 Å². The molecule has 1 unspecified atom stereocenters. The molecule has 0 rings (SSSR count). The molecule has 0 heterocycles. The van der Waals surface area contributed by atoms with Crippen molar-refractivity contribution < 1.29 is 8.85 Å². The van der Waals surface area contributed by atoms with E-state index in [2.05, 4.69) is 6.92 Å². The van der Waals surface area contributed by atoms with Crippen LogP contribution in [0.25, 0.3) is 0 Å². The molecule has 0 fully saturated rings. The minimum absolute atomic E-state index is 0.477. The lowest BCUT2D eigenvalue weighted by Gasteiger charge is -2.15. The van der Waals surface area contributed by atoms with Crippen molar-refractivity contribution in [1.82, 2.24) is 0 Å². The lowest BCUT2D eigenvalue weighted by atomic mass is 10.3.